The number of carboxylic acids is 1. The van der Waals surface area contributed by atoms with Gasteiger partial charge in [-0.15, -0.1) is 5.10 Å². The molecule has 0 aliphatic carbocycles. The van der Waals surface area contributed by atoms with Crippen molar-refractivity contribution in [2.75, 3.05) is 5.73 Å². The van der Waals surface area contributed by atoms with Gasteiger partial charge in [-0.2, -0.15) is 18.3 Å². The van der Waals surface area contributed by atoms with Crippen molar-refractivity contribution in [2.45, 2.75) is 19.1 Å². The van der Waals surface area contributed by atoms with Crippen LogP contribution in [0, 0.1) is 0 Å². The van der Waals surface area contributed by atoms with Gasteiger partial charge in [0.05, 0.1) is 22.0 Å². The number of halogens is 5. The number of nitrogen functional groups attached to an aromatic ring is 1. The highest BCUT2D eigenvalue weighted by Crippen LogP contribution is 2.40. The molecule has 3 aromatic heterocycles. The monoisotopic (exact) mass is 623 g/mol. The summed E-state index contributed by atoms with van der Waals surface area (Å²) in [5.74, 6) is -3.01. The molecule has 39 heavy (non-hydrogen) atoms. The maximum atomic E-state index is 13.2. The lowest BCUT2D eigenvalue weighted by Gasteiger charge is -2.20. The van der Waals surface area contributed by atoms with Gasteiger partial charge in [0.2, 0.25) is 0 Å². The van der Waals surface area contributed by atoms with Crippen LogP contribution in [0.1, 0.15) is 28.9 Å². The quantitative estimate of drug-likeness (QED) is 0.209. The average Bonchev–Trinajstić information content (AvgIpc) is 3.43. The van der Waals surface area contributed by atoms with Gasteiger partial charge in [0.15, 0.2) is 11.5 Å². The van der Waals surface area contributed by atoms with Crippen molar-refractivity contribution >= 4 is 61.8 Å². The summed E-state index contributed by atoms with van der Waals surface area (Å²) < 4.78 is 33.8. The Hall–Kier alpha value is -4.17. The van der Waals surface area contributed by atoms with Crippen molar-refractivity contribution in [3.8, 4) is 11.1 Å². The fraction of sp³-hybridized carbons (Fsp3) is 0.125. The second-order valence-corrected chi connectivity index (χ2v) is 9.26. The number of aliphatic carboxylic acids is 1. The Morgan fingerprint density at radius 3 is 2.54 bits per heavy atom. The van der Waals surface area contributed by atoms with Crippen molar-refractivity contribution in [3.05, 3.63) is 75.6 Å². The lowest BCUT2D eigenvalue weighted by atomic mass is 9.93. The summed E-state index contributed by atoms with van der Waals surface area (Å²) >= 11 is 10.1. The number of carboxylic acid groups (broad SMARTS) is 1. The van der Waals surface area contributed by atoms with Crippen LogP contribution in [0.5, 0.6) is 0 Å². The van der Waals surface area contributed by atoms with Gasteiger partial charge in [0.1, 0.15) is 10.2 Å². The minimum atomic E-state index is -5.08. The predicted octanol–water partition coefficient (Wildman–Crippen LogP) is 5.40. The van der Waals surface area contributed by atoms with E-state index in [1.54, 1.807) is 18.5 Å². The average molecular weight is 625 g/mol. The zero-order valence-corrected chi connectivity index (χ0v) is 22.1. The summed E-state index contributed by atoms with van der Waals surface area (Å²) in [5.41, 5.74) is 10.1. The van der Waals surface area contributed by atoms with E-state index >= 15 is 0 Å². The summed E-state index contributed by atoms with van der Waals surface area (Å²) in [5, 5.41) is 23.0. The summed E-state index contributed by atoms with van der Waals surface area (Å²) in [6.07, 6.45) is -1.80. The highest BCUT2D eigenvalue weighted by Gasteiger charge is 2.38. The normalized spacial score (nSPS) is 12.2. The summed E-state index contributed by atoms with van der Waals surface area (Å²) in [6.45, 7) is 1.89. The summed E-state index contributed by atoms with van der Waals surface area (Å²) in [6, 6.07) is 13.0. The SMILES string of the molecule is CC(NC(=O)c1c(N)nn2cccnc12)c1cc(Cl)c2c(Br)n[nH]c2c1-c1ccccc1.O=C(O)C(F)(F)F. The van der Waals surface area contributed by atoms with Crippen LogP contribution >= 0.6 is 27.5 Å². The Balaban J connectivity index is 0.000000448. The number of alkyl halides is 3. The van der Waals surface area contributed by atoms with Gasteiger partial charge >= 0.3 is 12.1 Å². The first-order valence-electron chi connectivity index (χ1n) is 11.0. The van der Waals surface area contributed by atoms with E-state index in [9.17, 15) is 18.0 Å². The molecule has 3 heterocycles. The number of nitrogens with one attached hydrogen (secondary N) is 2. The van der Waals surface area contributed by atoms with Crippen LogP contribution in [0.4, 0.5) is 19.0 Å². The first-order valence-corrected chi connectivity index (χ1v) is 12.2. The van der Waals surface area contributed by atoms with Crippen molar-refractivity contribution in [1.29, 1.82) is 0 Å². The number of aromatic nitrogens is 5. The van der Waals surface area contributed by atoms with E-state index in [4.69, 9.17) is 27.2 Å². The van der Waals surface area contributed by atoms with E-state index in [0.717, 1.165) is 27.6 Å². The van der Waals surface area contributed by atoms with Crippen LogP contribution in [0.3, 0.4) is 0 Å². The topological polar surface area (TPSA) is 151 Å². The zero-order chi connectivity index (χ0) is 28.5. The number of nitrogens with zero attached hydrogens (tertiary/aromatic N) is 4. The van der Waals surface area contributed by atoms with Crippen molar-refractivity contribution < 1.29 is 27.9 Å². The van der Waals surface area contributed by atoms with Crippen LogP contribution < -0.4 is 11.1 Å². The Morgan fingerprint density at radius 1 is 1.23 bits per heavy atom. The number of aromatic amines is 1. The number of anilines is 1. The highest BCUT2D eigenvalue weighted by atomic mass is 79.9. The maximum Gasteiger partial charge on any atom is 0.490 e. The second-order valence-electron chi connectivity index (χ2n) is 8.10. The molecule has 5 rings (SSSR count). The minimum absolute atomic E-state index is 0.114. The molecule has 0 fully saturated rings. The van der Waals surface area contributed by atoms with Crippen LogP contribution in [0.25, 0.3) is 27.7 Å². The molecule has 0 saturated carbocycles. The number of hydrogen-bond donors (Lipinski definition) is 4. The molecule has 15 heteroatoms. The molecule has 202 valence electrons. The number of H-pyrrole nitrogens is 1. The molecule has 0 aliphatic rings. The number of nitrogens with two attached hydrogens (primary N) is 1. The molecule has 0 spiro atoms. The molecule has 1 unspecified atom stereocenters. The predicted molar refractivity (Wildman–Crippen MR) is 141 cm³/mol. The Kier molecular flexibility index (Phi) is 7.79. The van der Waals surface area contributed by atoms with E-state index in [1.807, 2.05) is 43.3 Å². The van der Waals surface area contributed by atoms with Gasteiger partial charge in [-0.25, -0.2) is 14.3 Å². The molecule has 10 nitrogen and oxygen atoms in total. The number of hydrogen-bond acceptors (Lipinski definition) is 6. The van der Waals surface area contributed by atoms with Gasteiger partial charge in [-0.3, -0.25) is 9.89 Å². The zero-order valence-electron chi connectivity index (χ0n) is 19.8. The number of rotatable bonds is 4. The number of fused-ring (bicyclic) bond motifs is 2. The Bertz CT molecular complexity index is 1690. The third-order valence-electron chi connectivity index (χ3n) is 5.55. The van der Waals surface area contributed by atoms with E-state index in [-0.39, 0.29) is 17.3 Å². The van der Waals surface area contributed by atoms with Gasteiger partial charge in [0, 0.05) is 18.0 Å². The minimum Gasteiger partial charge on any atom is -0.475 e. The number of carbonyl (C=O) groups is 2. The molecule has 5 N–H and O–H groups in total. The first kappa shape index (κ1) is 27.9. The van der Waals surface area contributed by atoms with Crippen LogP contribution in [-0.2, 0) is 4.79 Å². The molecule has 5 aromatic rings. The lowest BCUT2D eigenvalue weighted by molar-refractivity contribution is -0.192. The molecule has 0 bridgehead atoms. The number of amides is 1. The van der Waals surface area contributed by atoms with Crippen molar-refractivity contribution in [1.82, 2.24) is 30.1 Å². The Morgan fingerprint density at radius 2 is 1.90 bits per heavy atom. The van der Waals surface area contributed by atoms with E-state index in [2.05, 4.69) is 41.5 Å². The summed E-state index contributed by atoms with van der Waals surface area (Å²) in [4.78, 5) is 26.3. The van der Waals surface area contributed by atoms with Crippen molar-refractivity contribution in [2.24, 2.45) is 0 Å². The van der Waals surface area contributed by atoms with Gasteiger partial charge in [-0.1, -0.05) is 41.9 Å². The lowest BCUT2D eigenvalue weighted by Crippen LogP contribution is -2.27. The smallest absolute Gasteiger partial charge is 0.475 e. The molecule has 2 aromatic carbocycles. The van der Waals surface area contributed by atoms with Gasteiger partial charge in [-0.05, 0) is 46.1 Å². The van der Waals surface area contributed by atoms with E-state index < -0.39 is 18.2 Å². The second kappa shape index (κ2) is 10.9. The van der Waals surface area contributed by atoms with Crippen LogP contribution in [0.2, 0.25) is 5.02 Å². The first-order chi connectivity index (χ1) is 18.4. The largest absolute Gasteiger partial charge is 0.490 e. The van der Waals surface area contributed by atoms with E-state index in [1.165, 1.54) is 4.52 Å². The molecule has 0 saturated heterocycles. The molecule has 1 amide bonds. The fourth-order valence-electron chi connectivity index (χ4n) is 3.87. The summed E-state index contributed by atoms with van der Waals surface area (Å²) in [7, 11) is 0. The number of benzene rings is 2. The third kappa shape index (κ3) is 5.66. The molecular weight excluding hydrogens is 607 g/mol. The Labute approximate surface area is 231 Å². The van der Waals surface area contributed by atoms with Gasteiger partial charge < -0.3 is 16.2 Å². The molecule has 0 aliphatic heterocycles. The maximum absolute atomic E-state index is 13.2. The molecular formula is C24H18BrClF3N7O3. The molecule has 1 atom stereocenters. The molecule has 0 radical (unpaired) electrons. The fourth-order valence-corrected chi connectivity index (χ4v) is 4.79. The van der Waals surface area contributed by atoms with Crippen LogP contribution in [0.15, 0.2) is 59.5 Å². The number of carbonyl (C=O) groups excluding carboxylic acids is 1. The van der Waals surface area contributed by atoms with Crippen molar-refractivity contribution in [3.63, 3.8) is 0 Å². The van der Waals surface area contributed by atoms with E-state index in [0.29, 0.717) is 15.3 Å². The van der Waals surface area contributed by atoms with Crippen LogP contribution in [-0.4, -0.2) is 48.0 Å². The van der Waals surface area contributed by atoms with Gasteiger partial charge in [0.25, 0.3) is 5.91 Å². The third-order valence-corrected chi connectivity index (χ3v) is 6.42. The highest BCUT2D eigenvalue weighted by molar-refractivity contribution is 9.10. The standard InChI is InChI=1S/C22H17BrClN7O.C2HF3O2/c1-11(27-22(32)17-20(25)30-31-9-5-8-26-21(17)31)13-10-14(24)16-18(28-29-19(16)23)15(13)12-6-3-2-4-7-12;3-2(4,5)1(6)7/h2-11H,1H3,(H2,25,30)(H,27,32)(H,28,29);(H,6,7).